The van der Waals surface area contributed by atoms with E-state index in [4.69, 9.17) is 17.3 Å². The van der Waals surface area contributed by atoms with E-state index in [2.05, 4.69) is 48.7 Å². The molecule has 0 aliphatic rings. The molecule has 0 saturated carbocycles. The highest BCUT2D eigenvalue weighted by molar-refractivity contribution is 14.1. The molecule has 0 heterocycles. The first-order chi connectivity index (χ1) is 7.89. The minimum Gasteiger partial charge on any atom is -0.329 e. The average Bonchev–Trinajstić information content (AvgIpc) is 2.29. The highest BCUT2D eigenvalue weighted by Crippen LogP contribution is 2.20. The Labute approximate surface area is 122 Å². The van der Waals surface area contributed by atoms with Gasteiger partial charge in [-0.25, -0.2) is 0 Å². The summed E-state index contributed by atoms with van der Waals surface area (Å²) in [6, 6.07) is 5.96. The van der Waals surface area contributed by atoms with Gasteiger partial charge in [-0.05, 0) is 59.2 Å². The van der Waals surface area contributed by atoms with Crippen LogP contribution in [0.2, 0.25) is 5.02 Å². The fraction of sp³-hybridized carbons (Fsp3) is 0.538. The molecule has 4 heteroatoms. The summed E-state index contributed by atoms with van der Waals surface area (Å²) in [5.74, 6) is 0.490. The van der Waals surface area contributed by atoms with Crippen molar-refractivity contribution in [3.8, 4) is 0 Å². The van der Waals surface area contributed by atoms with Gasteiger partial charge in [0.05, 0.1) is 0 Å². The monoisotopic (exact) mass is 366 g/mol. The van der Waals surface area contributed by atoms with Crippen molar-refractivity contribution in [3.63, 3.8) is 0 Å². The molecule has 1 rings (SSSR count). The number of benzene rings is 1. The van der Waals surface area contributed by atoms with Crippen LogP contribution in [-0.2, 0) is 6.54 Å². The maximum Gasteiger partial charge on any atom is 0.0409 e. The highest BCUT2D eigenvalue weighted by Gasteiger charge is 2.25. The van der Waals surface area contributed by atoms with Crippen LogP contribution in [0.5, 0.6) is 0 Å². The standard InChI is InChI=1S/C13H20ClIN2/c1-9(2)13(3,8-16)17-7-10-6-11(14)4-5-12(10)15/h4-6,9,17H,7-8,16H2,1-3H3. The maximum absolute atomic E-state index is 6.01. The summed E-state index contributed by atoms with van der Waals surface area (Å²) in [4.78, 5) is 0. The number of hydrogen-bond acceptors (Lipinski definition) is 2. The summed E-state index contributed by atoms with van der Waals surface area (Å²) in [5, 5.41) is 4.32. The van der Waals surface area contributed by atoms with Crippen molar-refractivity contribution in [2.75, 3.05) is 6.54 Å². The van der Waals surface area contributed by atoms with Crippen LogP contribution in [0.25, 0.3) is 0 Å². The lowest BCUT2D eigenvalue weighted by molar-refractivity contribution is 0.267. The first-order valence-electron chi connectivity index (χ1n) is 5.78. The lowest BCUT2D eigenvalue weighted by Crippen LogP contribution is -2.52. The Bertz CT molecular complexity index is 382. The molecule has 1 aromatic carbocycles. The van der Waals surface area contributed by atoms with Crippen molar-refractivity contribution < 1.29 is 0 Å². The van der Waals surface area contributed by atoms with Crippen molar-refractivity contribution in [2.24, 2.45) is 11.7 Å². The Kier molecular flexibility index (Phi) is 5.70. The minimum atomic E-state index is -0.0363. The van der Waals surface area contributed by atoms with Gasteiger partial charge in [-0.3, -0.25) is 0 Å². The molecular formula is C13H20ClIN2. The third kappa shape index (κ3) is 4.09. The van der Waals surface area contributed by atoms with Gasteiger partial charge in [0.15, 0.2) is 0 Å². The molecule has 0 aliphatic carbocycles. The van der Waals surface area contributed by atoms with Crippen LogP contribution >= 0.6 is 34.2 Å². The van der Waals surface area contributed by atoms with E-state index in [-0.39, 0.29) is 5.54 Å². The fourth-order valence-electron chi connectivity index (χ4n) is 1.49. The molecule has 1 aromatic rings. The quantitative estimate of drug-likeness (QED) is 0.784. The van der Waals surface area contributed by atoms with E-state index in [1.165, 1.54) is 9.13 Å². The Morgan fingerprint density at radius 1 is 1.47 bits per heavy atom. The van der Waals surface area contributed by atoms with E-state index >= 15 is 0 Å². The molecule has 0 saturated heterocycles. The van der Waals surface area contributed by atoms with Gasteiger partial charge >= 0.3 is 0 Å². The molecule has 0 radical (unpaired) electrons. The van der Waals surface area contributed by atoms with Gasteiger partial charge in [0.1, 0.15) is 0 Å². The Morgan fingerprint density at radius 3 is 2.65 bits per heavy atom. The van der Waals surface area contributed by atoms with Crippen molar-refractivity contribution in [1.82, 2.24) is 5.32 Å². The zero-order valence-corrected chi connectivity index (χ0v) is 13.5. The first-order valence-corrected chi connectivity index (χ1v) is 7.23. The molecule has 1 atom stereocenters. The van der Waals surface area contributed by atoms with Crippen LogP contribution in [0.3, 0.4) is 0 Å². The van der Waals surface area contributed by atoms with Crippen LogP contribution in [-0.4, -0.2) is 12.1 Å². The zero-order chi connectivity index (χ0) is 13.1. The second-order valence-electron chi connectivity index (χ2n) is 4.87. The zero-order valence-electron chi connectivity index (χ0n) is 10.6. The number of halogens is 2. The third-order valence-corrected chi connectivity index (χ3v) is 4.68. The second-order valence-corrected chi connectivity index (χ2v) is 6.46. The van der Waals surface area contributed by atoms with Crippen molar-refractivity contribution in [2.45, 2.75) is 32.9 Å². The molecule has 0 aliphatic heterocycles. The van der Waals surface area contributed by atoms with E-state index in [0.717, 1.165) is 11.6 Å². The normalized spacial score (nSPS) is 15.0. The van der Waals surface area contributed by atoms with Crippen molar-refractivity contribution in [1.29, 1.82) is 0 Å². The molecule has 0 aromatic heterocycles. The summed E-state index contributed by atoms with van der Waals surface area (Å²) < 4.78 is 1.22. The molecule has 0 bridgehead atoms. The summed E-state index contributed by atoms with van der Waals surface area (Å²) in [6.45, 7) is 7.95. The minimum absolute atomic E-state index is 0.0363. The van der Waals surface area contributed by atoms with Crippen molar-refractivity contribution >= 4 is 34.2 Å². The largest absolute Gasteiger partial charge is 0.329 e. The topological polar surface area (TPSA) is 38.0 Å². The van der Waals surface area contributed by atoms with Gasteiger partial charge in [-0.1, -0.05) is 25.4 Å². The first kappa shape index (κ1) is 15.2. The number of rotatable bonds is 5. The number of hydrogen-bond donors (Lipinski definition) is 2. The summed E-state index contributed by atoms with van der Waals surface area (Å²) >= 11 is 8.34. The third-order valence-electron chi connectivity index (χ3n) is 3.39. The van der Waals surface area contributed by atoms with Gasteiger partial charge in [0.25, 0.3) is 0 Å². The Morgan fingerprint density at radius 2 is 2.12 bits per heavy atom. The van der Waals surface area contributed by atoms with E-state index in [1.54, 1.807) is 0 Å². The van der Waals surface area contributed by atoms with Crippen LogP contribution < -0.4 is 11.1 Å². The van der Waals surface area contributed by atoms with Crippen LogP contribution in [0.4, 0.5) is 0 Å². The molecular weight excluding hydrogens is 347 g/mol. The van der Waals surface area contributed by atoms with Gasteiger partial charge in [0.2, 0.25) is 0 Å². The van der Waals surface area contributed by atoms with E-state index < -0.39 is 0 Å². The second kappa shape index (κ2) is 6.36. The maximum atomic E-state index is 6.01. The average molecular weight is 367 g/mol. The molecule has 17 heavy (non-hydrogen) atoms. The van der Waals surface area contributed by atoms with E-state index in [0.29, 0.717) is 12.5 Å². The van der Waals surface area contributed by atoms with Gasteiger partial charge in [0, 0.05) is 27.2 Å². The van der Waals surface area contributed by atoms with Gasteiger partial charge in [-0.2, -0.15) is 0 Å². The fourth-order valence-corrected chi connectivity index (χ4v) is 2.21. The predicted molar refractivity (Wildman–Crippen MR) is 83.3 cm³/mol. The molecule has 96 valence electrons. The number of nitrogens with one attached hydrogen (secondary N) is 1. The molecule has 0 amide bonds. The molecule has 1 unspecified atom stereocenters. The molecule has 0 fully saturated rings. The van der Waals surface area contributed by atoms with E-state index in [9.17, 15) is 0 Å². The SMILES string of the molecule is CC(C)C(C)(CN)NCc1cc(Cl)ccc1I. The number of nitrogens with two attached hydrogens (primary N) is 1. The highest BCUT2D eigenvalue weighted by atomic mass is 127. The van der Waals surface area contributed by atoms with Crippen LogP contribution in [0.1, 0.15) is 26.3 Å². The molecule has 0 spiro atoms. The van der Waals surface area contributed by atoms with Crippen LogP contribution in [0, 0.1) is 9.49 Å². The summed E-state index contributed by atoms with van der Waals surface area (Å²) in [7, 11) is 0. The predicted octanol–water partition coefficient (Wildman–Crippen LogP) is 3.41. The molecule has 2 nitrogen and oxygen atoms in total. The smallest absolute Gasteiger partial charge is 0.0409 e. The van der Waals surface area contributed by atoms with E-state index in [1.807, 2.05) is 18.2 Å². The Hall–Kier alpha value is 0.160. The van der Waals surface area contributed by atoms with Gasteiger partial charge < -0.3 is 11.1 Å². The summed E-state index contributed by atoms with van der Waals surface area (Å²) in [6.07, 6.45) is 0. The summed E-state index contributed by atoms with van der Waals surface area (Å²) in [5.41, 5.74) is 7.03. The Balaban J connectivity index is 2.75. The van der Waals surface area contributed by atoms with Crippen molar-refractivity contribution in [3.05, 3.63) is 32.4 Å². The lowest BCUT2D eigenvalue weighted by atomic mass is 9.88. The lowest BCUT2D eigenvalue weighted by Gasteiger charge is -2.34. The molecule has 3 N–H and O–H groups in total. The van der Waals surface area contributed by atoms with Crippen LogP contribution in [0.15, 0.2) is 18.2 Å². The van der Waals surface area contributed by atoms with Gasteiger partial charge in [-0.15, -0.1) is 0 Å².